The van der Waals surface area contributed by atoms with Gasteiger partial charge in [-0.1, -0.05) is 56.2 Å². The highest BCUT2D eigenvalue weighted by molar-refractivity contribution is 5.23. The maximum atomic E-state index is 7.51. The predicted molar refractivity (Wildman–Crippen MR) is 72.1 cm³/mol. The minimum absolute atomic E-state index is 1.18. The van der Waals surface area contributed by atoms with Gasteiger partial charge >= 0.3 is 0 Å². The summed E-state index contributed by atoms with van der Waals surface area (Å²) in [5.41, 5.74) is 2.74. The van der Waals surface area contributed by atoms with E-state index in [1.165, 1.54) is 17.2 Å². The van der Waals surface area contributed by atoms with Crippen LogP contribution in [0.5, 0.6) is 0 Å². The van der Waals surface area contributed by atoms with E-state index in [-0.39, 0.29) is 0 Å². The fourth-order valence-corrected chi connectivity index (χ4v) is 0.663. The summed E-state index contributed by atoms with van der Waals surface area (Å²) in [5.74, 6) is 0. The summed E-state index contributed by atoms with van der Waals surface area (Å²) < 4.78 is 0. The second kappa shape index (κ2) is 12.9. The Labute approximate surface area is 99.1 Å². The van der Waals surface area contributed by atoms with Crippen molar-refractivity contribution in [2.75, 3.05) is 0 Å². The molecule has 0 aliphatic carbocycles. The van der Waals surface area contributed by atoms with Crippen LogP contribution in [-0.2, 0) is 0 Å². The van der Waals surface area contributed by atoms with Crippen LogP contribution in [-0.4, -0.2) is 0 Å². The molecular weight excluding hydrogens is 194 g/mol. The molecule has 0 aromatic heterocycles. The van der Waals surface area contributed by atoms with Gasteiger partial charge in [-0.05, 0) is 25.0 Å². The van der Waals surface area contributed by atoms with Crippen LogP contribution in [0.2, 0.25) is 0 Å². The normalized spacial score (nSPS) is 6.81. The molecule has 1 aromatic carbocycles. The highest BCUT2D eigenvalue weighted by Gasteiger charge is 1.83. The molecule has 0 aliphatic rings. The maximum Gasteiger partial charge on any atom is 0.0905 e. The first-order chi connectivity index (χ1) is 7.63. The minimum Gasteiger partial charge on any atom is -0.193 e. The molecule has 0 radical (unpaired) electrons. The molecule has 0 saturated heterocycles. The Kier molecular flexibility index (Phi) is 13.2. The van der Waals surface area contributed by atoms with Crippen molar-refractivity contribution in [3.05, 3.63) is 73.4 Å². The molecule has 1 rings (SSSR count). The second-order valence-electron chi connectivity index (χ2n) is 2.89. The lowest BCUT2D eigenvalue weighted by Gasteiger charge is -1.93. The smallest absolute Gasteiger partial charge is 0.0905 e. The topological polar surface area (TPSA) is 23.8 Å². The number of benzene rings is 1. The quantitative estimate of drug-likeness (QED) is 0.502. The molecule has 0 spiro atoms. The van der Waals surface area contributed by atoms with E-state index in [1.807, 2.05) is 0 Å². The van der Waals surface area contributed by atoms with Crippen molar-refractivity contribution in [1.82, 2.24) is 0 Å². The van der Waals surface area contributed by atoms with E-state index >= 15 is 0 Å². The van der Waals surface area contributed by atoms with E-state index < -0.39 is 0 Å². The number of rotatable bonds is 1. The van der Waals surface area contributed by atoms with Gasteiger partial charge in [-0.25, -0.2) is 0 Å². The van der Waals surface area contributed by atoms with E-state index in [4.69, 9.17) is 5.26 Å². The summed E-state index contributed by atoms with van der Waals surface area (Å²) in [4.78, 5) is 0. The van der Waals surface area contributed by atoms with Gasteiger partial charge in [0.1, 0.15) is 0 Å². The Morgan fingerprint density at radius 3 is 1.44 bits per heavy atom. The Morgan fingerprint density at radius 1 is 1.00 bits per heavy atom. The summed E-state index contributed by atoms with van der Waals surface area (Å²) >= 11 is 0. The number of hydrogen-bond acceptors (Lipinski definition) is 1. The molecule has 84 valence electrons. The van der Waals surface area contributed by atoms with Gasteiger partial charge in [0.25, 0.3) is 0 Å². The maximum absolute atomic E-state index is 7.51. The van der Waals surface area contributed by atoms with Crippen LogP contribution in [0.1, 0.15) is 11.1 Å². The van der Waals surface area contributed by atoms with Crippen LogP contribution in [0.15, 0.2) is 62.2 Å². The fraction of sp³-hybridized carbons (Fsp3) is 0.133. The minimum atomic E-state index is 1.18. The van der Waals surface area contributed by atoms with Gasteiger partial charge in [0.15, 0.2) is 0 Å². The second-order valence-corrected chi connectivity index (χ2v) is 2.89. The summed E-state index contributed by atoms with van der Waals surface area (Å²) in [5, 5.41) is 7.51. The van der Waals surface area contributed by atoms with Crippen LogP contribution >= 0.6 is 0 Å². The van der Waals surface area contributed by atoms with Crippen molar-refractivity contribution in [2.45, 2.75) is 13.8 Å². The van der Waals surface area contributed by atoms with Gasteiger partial charge in [0, 0.05) is 6.08 Å². The Hall–Kier alpha value is -2.07. The summed E-state index contributed by atoms with van der Waals surface area (Å²) in [6, 6.07) is 10.1. The first kappa shape index (κ1) is 16.4. The first-order valence-corrected chi connectivity index (χ1v) is 4.90. The summed E-state index contributed by atoms with van der Waals surface area (Å²) in [6.45, 7) is 14.1. The monoisotopic (exact) mass is 213 g/mol. The molecule has 0 amide bonds. The van der Waals surface area contributed by atoms with Crippen molar-refractivity contribution in [1.29, 1.82) is 5.26 Å². The van der Waals surface area contributed by atoms with Gasteiger partial charge in [0.2, 0.25) is 0 Å². The van der Waals surface area contributed by atoms with E-state index in [0.29, 0.717) is 0 Å². The number of hydrogen-bond donors (Lipinski definition) is 0. The van der Waals surface area contributed by atoms with Gasteiger partial charge in [0.05, 0.1) is 6.07 Å². The van der Waals surface area contributed by atoms with Gasteiger partial charge in [-0.2, -0.15) is 5.26 Å². The average molecular weight is 213 g/mol. The zero-order valence-corrected chi connectivity index (χ0v) is 10.1. The molecule has 0 atom stereocenters. The zero-order chi connectivity index (χ0) is 12.8. The highest BCUT2D eigenvalue weighted by Crippen LogP contribution is 2.02. The number of aryl methyl sites for hydroxylation is 2. The number of nitriles is 1. The fourth-order valence-electron chi connectivity index (χ4n) is 0.663. The van der Waals surface area contributed by atoms with E-state index in [1.54, 1.807) is 18.2 Å². The molecule has 0 heterocycles. The van der Waals surface area contributed by atoms with Crippen molar-refractivity contribution < 1.29 is 0 Å². The largest absolute Gasteiger partial charge is 0.193 e. The lowest BCUT2D eigenvalue weighted by atomic mass is 10.1. The lowest BCUT2D eigenvalue weighted by Crippen LogP contribution is -1.74. The molecule has 0 fully saturated rings. The summed E-state index contributed by atoms with van der Waals surface area (Å²) in [6.07, 6.45) is 4.46. The van der Waals surface area contributed by atoms with Crippen molar-refractivity contribution >= 4 is 0 Å². The first-order valence-electron chi connectivity index (χ1n) is 4.90. The van der Waals surface area contributed by atoms with Gasteiger partial charge in [-0.3, -0.25) is 0 Å². The molecule has 1 aromatic rings. The van der Waals surface area contributed by atoms with Gasteiger partial charge < -0.3 is 0 Å². The van der Waals surface area contributed by atoms with E-state index in [9.17, 15) is 0 Å². The molecule has 1 nitrogen and oxygen atoms in total. The third-order valence-corrected chi connectivity index (χ3v) is 1.68. The lowest BCUT2D eigenvalue weighted by molar-refractivity contribution is 1.34. The third kappa shape index (κ3) is 11.9. The molecule has 0 bridgehead atoms. The Morgan fingerprint density at radius 2 is 1.31 bits per heavy atom. The van der Waals surface area contributed by atoms with E-state index in [0.717, 1.165) is 0 Å². The molecular formula is C15H19N. The molecule has 0 N–H and O–H groups in total. The highest BCUT2D eigenvalue weighted by atomic mass is 14.2. The van der Waals surface area contributed by atoms with Crippen LogP contribution in [0.4, 0.5) is 0 Å². The third-order valence-electron chi connectivity index (χ3n) is 1.68. The molecule has 0 unspecified atom stereocenters. The van der Waals surface area contributed by atoms with E-state index in [2.05, 4.69) is 57.8 Å². The zero-order valence-electron chi connectivity index (χ0n) is 10.1. The van der Waals surface area contributed by atoms with Crippen molar-refractivity contribution in [3.63, 3.8) is 0 Å². The molecule has 0 aliphatic heterocycles. The van der Waals surface area contributed by atoms with Crippen LogP contribution in [0, 0.1) is 25.2 Å². The van der Waals surface area contributed by atoms with Crippen LogP contribution in [0.3, 0.4) is 0 Å². The molecule has 0 saturated carbocycles. The number of nitrogens with zero attached hydrogens (tertiary/aromatic N) is 1. The van der Waals surface area contributed by atoms with Crippen LogP contribution < -0.4 is 0 Å². The van der Waals surface area contributed by atoms with Crippen molar-refractivity contribution in [3.8, 4) is 6.07 Å². The predicted octanol–water partition coefficient (Wildman–Crippen LogP) is 4.36. The summed E-state index contributed by atoms with van der Waals surface area (Å²) in [7, 11) is 0. The van der Waals surface area contributed by atoms with Gasteiger partial charge in [-0.15, -0.1) is 0 Å². The standard InChI is InChI=1S/C8H10.C4H6.C3H3N/c1-7-5-3-4-6-8(7)2;1-3-4-2;1-2-3-4/h3-6H,1-2H3;3-4H,1-2H2;2H,1H2. The SMILES string of the molecule is C=CC#N.C=CC=C.Cc1ccccc1C. The van der Waals surface area contributed by atoms with Crippen LogP contribution in [0.25, 0.3) is 0 Å². The molecule has 1 heteroatoms. The molecule has 16 heavy (non-hydrogen) atoms. The average Bonchev–Trinajstić information content (AvgIpc) is 2.33. The Bertz CT molecular complexity index is 329. The Balaban J connectivity index is 0. The number of allylic oxidation sites excluding steroid dienone is 3. The van der Waals surface area contributed by atoms with Crippen molar-refractivity contribution in [2.24, 2.45) is 0 Å².